The summed E-state index contributed by atoms with van der Waals surface area (Å²) in [5, 5.41) is 56.8. The van der Waals surface area contributed by atoms with Crippen molar-refractivity contribution in [3.8, 4) is 28.7 Å². The number of benzene rings is 2. The van der Waals surface area contributed by atoms with E-state index in [1.54, 1.807) is 0 Å². The Labute approximate surface area is 118 Å². The summed E-state index contributed by atoms with van der Waals surface area (Å²) in [5.74, 6) is -5.47. The molecule has 1 unspecified atom stereocenters. The van der Waals surface area contributed by atoms with Crippen molar-refractivity contribution in [2.75, 3.05) is 0 Å². The summed E-state index contributed by atoms with van der Waals surface area (Å²) >= 11 is 0. The zero-order chi connectivity index (χ0) is 15.7. The number of hydrogen-bond donors (Lipinski definition) is 6. The number of phenolic OH excluding ortho intramolecular Hbond substituents is 5. The van der Waals surface area contributed by atoms with Gasteiger partial charge in [-0.3, -0.25) is 4.79 Å². The van der Waals surface area contributed by atoms with Gasteiger partial charge in [-0.1, -0.05) is 6.07 Å². The van der Waals surface area contributed by atoms with Gasteiger partial charge in [0.05, 0.1) is 5.56 Å². The first-order chi connectivity index (χ1) is 9.81. The van der Waals surface area contributed by atoms with E-state index >= 15 is 0 Å². The molecule has 2 aromatic rings. The number of rotatable bonds is 3. The highest BCUT2D eigenvalue weighted by Gasteiger charge is 2.29. The van der Waals surface area contributed by atoms with E-state index in [1.165, 1.54) is 6.07 Å². The van der Waals surface area contributed by atoms with Gasteiger partial charge >= 0.3 is 5.97 Å². The fourth-order valence-corrected chi connectivity index (χ4v) is 2.06. The number of aliphatic carboxylic acids is 1. The minimum absolute atomic E-state index is 0.0362. The van der Waals surface area contributed by atoms with Crippen LogP contribution in [-0.4, -0.2) is 36.6 Å². The standard InChI is InChI=1S/C14H12O7/c15-7-4-10(18)13(11(19)5-7)12(14(20)21)6-1-2-8(16)9(17)3-6/h1-5,12,15-19H,(H,20,21). The molecule has 0 aliphatic rings. The number of carboxylic acid groups (broad SMARTS) is 1. The molecule has 0 heterocycles. The lowest BCUT2D eigenvalue weighted by Gasteiger charge is -2.17. The maximum absolute atomic E-state index is 11.5. The Morgan fingerprint density at radius 3 is 1.86 bits per heavy atom. The van der Waals surface area contributed by atoms with Gasteiger partial charge in [0.2, 0.25) is 0 Å². The van der Waals surface area contributed by atoms with Crippen LogP contribution in [0.5, 0.6) is 28.7 Å². The molecule has 2 rings (SSSR count). The highest BCUT2D eigenvalue weighted by Crippen LogP contribution is 2.42. The molecule has 21 heavy (non-hydrogen) atoms. The van der Waals surface area contributed by atoms with E-state index in [-0.39, 0.29) is 11.1 Å². The molecule has 0 saturated heterocycles. The molecule has 0 amide bonds. The molecular formula is C14H12O7. The molecule has 1 atom stereocenters. The Bertz CT molecular complexity index is 685. The molecule has 0 aromatic heterocycles. The monoisotopic (exact) mass is 292 g/mol. The average molecular weight is 292 g/mol. The molecule has 110 valence electrons. The van der Waals surface area contributed by atoms with Crippen LogP contribution in [0.25, 0.3) is 0 Å². The summed E-state index contributed by atoms with van der Waals surface area (Å²) in [7, 11) is 0. The van der Waals surface area contributed by atoms with Gasteiger partial charge in [0.1, 0.15) is 23.2 Å². The zero-order valence-corrected chi connectivity index (χ0v) is 10.6. The van der Waals surface area contributed by atoms with Gasteiger partial charge in [-0.05, 0) is 17.7 Å². The van der Waals surface area contributed by atoms with Crippen LogP contribution in [-0.2, 0) is 4.79 Å². The van der Waals surface area contributed by atoms with E-state index < -0.39 is 40.6 Å². The summed E-state index contributed by atoms with van der Waals surface area (Å²) < 4.78 is 0. The van der Waals surface area contributed by atoms with Crippen LogP contribution in [0.2, 0.25) is 0 Å². The highest BCUT2D eigenvalue weighted by atomic mass is 16.4. The quantitative estimate of drug-likeness (QED) is 0.470. The number of phenols is 5. The fourth-order valence-electron chi connectivity index (χ4n) is 2.06. The van der Waals surface area contributed by atoms with Crippen LogP contribution in [0.1, 0.15) is 17.0 Å². The summed E-state index contributed by atoms with van der Waals surface area (Å²) in [6.45, 7) is 0. The normalized spacial score (nSPS) is 12.0. The summed E-state index contributed by atoms with van der Waals surface area (Å²) in [6.07, 6.45) is 0. The first-order valence-corrected chi connectivity index (χ1v) is 5.80. The number of aromatic hydroxyl groups is 5. The molecule has 0 radical (unpaired) electrons. The van der Waals surface area contributed by atoms with Crippen molar-refractivity contribution in [1.82, 2.24) is 0 Å². The van der Waals surface area contributed by atoms with Crippen LogP contribution < -0.4 is 0 Å². The second-order valence-corrected chi connectivity index (χ2v) is 4.42. The van der Waals surface area contributed by atoms with Crippen molar-refractivity contribution in [2.24, 2.45) is 0 Å². The Morgan fingerprint density at radius 1 is 0.810 bits per heavy atom. The van der Waals surface area contributed by atoms with E-state index in [4.69, 9.17) is 0 Å². The molecule has 2 aromatic carbocycles. The van der Waals surface area contributed by atoms with Gasteiger partial charge in [-0.25, -0.2) is 0 Å². The minimum Gasteiger partial charge on any atom is -0.508 e. The predicted molar refractivity (Wildman–Crippen MR) is 70.7 cm³/mol. The van der Waals surface area contributed by atoms with Gasteiger partial charge in [-0.15, -0.1) is 0 Å². The van der Waals surface area contributed by atoms with Crippen molar-refractivity contribution in [3.05, 3.63) is 41.5 Å². The van der Waals surface area contributed by atoms with Crippen LogP contribution >= 0.6 is 0 Å². The van der Waals surface area contributed by atoms with Crippen LogP contribution in [0.3, 0.4) is 0 Å². The van der Waals surface area contributed by atoms with Crippen molar-refractivity contribution in [1.29, 1.82) is 0 Å². The molecular weight excluding hydrogens is 280 g/mol. The zero-order valence-electron chi connectivity index (χ0n) is 10.6. The first-order valence-electron chi connectivity index (χ1n) is 5.80. The number of carboxylic acids is 1. The topological polar surface area (TPSA) is 138 Å². The largest absolute Gasteiger partial charge is 0.508 e. The molecule has 0 spiro atoms. The average Bonchev–Trinajstić information content (AvgIpc) is 2.36. The van der Waals surface area contributed by atoms with Gasteiger partial charge < -0.3 is 30.6 Å². The Balaban J connectivity index is 2.65. The molecule has 7 heteroatoms. The first kappa shape index (κ1) is 14.3. The van der Waals surface area contributed by atoms with Crippen LogP contribution in [0, 0.1) is 0 Å². The Morgan fingerprint density at radius 2 is 1.38 bits per heavy atom. The van der Waals surface area contributed by atoms with E-state index in [0.29, 0.717) is 0 Å². The molecule has 0 aliphatic carbocycles. The Hall–Kier alpha value is -3.09. The third kappa shape index (κ3) is 2.62. The second kappa shape index (κ2) is 5.12. The van der Waals surface area contributed by atoms with Gasteiger partial charge in [0.15, 0.2) is 11.5 Å². The second-order valence-electron chi connectivity index (χ2n) is 4.42. The van der Waals surface area contributed by atoms with Crippen molar-refractivity contribution >= 4 is 5.97 Å². The highest BCUT2D eigenvalue weighted by molar-refractivity contribution is 5.83. The summed E-state index contributed by atoms with van der Waals surface area (Å²) in [6, 6.07) is 5.13. The predicted octanol–water partition coefficient (Wildman–Crippen LogP) is 1.43. The van der Waals surface area contributed by atoms with Crippen molar-refractivity contribution in [3.63, 3.8) is 0 Å². The maximum atomic E-state index is 11.5. The smallest absolute Gasteiger partial charge is 0.315 e. The number of hydrogen-bond acceptors (Lipinski definition) is 6. The molecule has 0 bridgehead atoms. The van der Waals surface area contributed by atoms with Crippen LogP contribution in [0.15, 0.2) is 30.3 Å². The molecule has 6 N–H and O–H groups in total. The van der Waals surface area contributed by atoms with Gasteiger partial charge in [-0.2, -0.15) is 0 Å². The lowest BCUT2D eigenvalue weighted by atomic mass is 9.89. The molecule has 7 nitrogen and oxygen atoms in total. The third-order valence-electron chi connectivity index (χ3n) is 2.99. The summed E-state index contributed by atoms with van der Waals surface area (Å²) in [5.41, 5.74) is -0.292. The fraction of sp³-hybridized carbons (Fsp3) is 0.0714. The van der Waals surface area contributed by atoms with Gasteiger partial charge in [0.25, 0.3) is 0 Å². The maximum Gasteiger partial charge on any atom is 0.315 e. The van der Waals surface area contributed by atoms with E-state index in [1.807, 2.05) is 0 Å². The van der Waals surface area contributed by atoms with E-state index in [9.17, 15) is 35.4 Å². The number of carbonyl (C=O) groups is 1. The van der Waals surface area contributed by atoms with Gasteiger partial charge in [0, 0.05) is 12.1 Å². The molecule has 0 saturated carbocycles. The van der Waals surface area contributed by atoms with E-state index in [0.717, 1.165) is 24.3 Å². The third-order valence-corrected chi connectivity index (χ3v) is 2.99. The molecule has 0 fully saturated rings. The van der Waals surface area contributed by atoms with Crippen molar-refractivity contribution in [2.45, 2.75) is 5.92 Å². The SMILES string of the molecule is O=C(O)C(c1ccc(O)c(O)c1)c1c(O)cc(O)cc1O. The molecule has 0 aliphatic heterocycles. The Kier molecular flexibility index (Phi) is 3.49. The van der Waals surface area contributed by atoms with Crippen molar-refractivity contribution < 1.29 is 35.4 Å². The minimum atomic E-state index is -1.49. The summed E-state index contributed by atoms with van der Waals surface area (Å²) in [4.78, 5) is 11.5. The lowest BCUT2D eigenvalue weighted by molar-refractivity contribution is -0.137. The van der Waals surface area contributed by atoms with E-state index in [2.05, 4.69) is 0 Å². The van der Waals surface area contributed by atoms with Crippen LogP contribution in [0.4, 0.5) is 0 Å². The lowest BCUT2D eigenvalue weighted by Crippen LogP contribution is -2.13.